The summed E-state index contributed by atoms with van der Waals surface area (Å²) in [5.74, 6) is -0.414. The Morgan fingerprint density at radius 3 is 2.42 bits per heavy atom. The summed E-state index contributed by atoms with van der Waals surface area (Å²) in [7, 11) is 0. The van der Waals surface area contributed by atoms with Gasteiger partial charge in [-0.15, -0.1) is 0 Å². The number of amides is 1. The second-order valence-corrected chi connectivity index (χ2v) is 5.24. The van der Waals surface area contributed by atoms with Crippen molar-refractivity contribution in [2.24, 2.45) is 0 Å². The molecule has 0 radical (unpaired) electrons. The third kappa shape index (κ3) is 5.30. The van der Waals surface area contributed by atoms with Gasteiger partial charge in [-0.05, 0) is 42.3 Å². The first kappa shape index (κ1) is 17.8. The maximum Gasteiger partial charge on any atom is 0.387 e. The molecule has 3 nitrogen and oxygen atoms in total. The molecule has 0 saturated carbocycles. The molecular weight excluding hydrogens is 319 g/mol. The minimum absolute atomic E-state index is 0.0494. The first-order valence-corrected chi connectivity index (χ1v) is 7.54. The van der Waals surface area contributed by atoms with Crippen LogP contribution in [0, 0.1) is 5.82 Å². The number of alkyl halides is 2. The van der Waals surface area contributed by atoms with Crippen molar-refractivity contribution >= 4 is 5.91 Å². The molecule has 0 bridgehead atoms. The molecule has 0 aliphatic carbocycles. The highest BCUT2D eigenvalue weighted by Gasteiger charge is 2.13. The van der Waals surface area contributed by atoms with Crippen LogP contribution in [-0.4, -0.2) is 24.0 Å². The lowest BCUT2D eigenvalue weighted by Gasteiger charge is -2.21. The van der Waals surface area contributed by atoms with Gasteiger partial charge < -0.3 is 9.64 Å². The van der Waals surface area contributed by atoms with Gasteiger partial charge in [-0.2, -0.15) is 8.78 Å². The second kappa shape index (κ2) is 8.38. The van der Waals surface area contributed by atoms with Gasteiger partial charge in [0.15, 0.2) is 0 Å². The third-order valence-electron chi connectivity index (χ3n) is 3.50. The van der Waals surface area contributed by atoms with Gasteiger partial charge in [0.25, 0.3) is 0 Å². The number of hydrogen-bond acceptors (Lipinski definition) is 2. The molecule has 0 heterocycles. The fraction of sp³-hybridized carbons (Fsp3) is 0.278. The van der Waals surface area contributed by atoms with E-state index in [0.717, 1.165) is 0 Å². The van der Waals surface area contributed by atoms with E-state index < -0.39 is 6.61 Å². The number of ether oxygens (including phenoxy) is 1. The van der Waals surface area contributed by atoms with Gasteiger partial charge in [-0.3, -0.25) is 4.79 Å². The Morgan fingerprint density at radius 2 is 1.83 bits per heavy atom. The van der Waals surface area contributed by atoms with E-state index in [0.29, 0.717) is 24.2 Å². The Labute approximate surface area is 138 Å². The molecule has 2 aromatic carbocycles. The minimum Gasteiger partial charge on any atom is -0.435 e. The number of rotatable bonds is 7. The predicted molar refractivity (Wildman–Crippen MR) is 84.3 cm³/mol. The summed E-state index contributed by atoms with van der Waals surface area (Å²) in [6.07, 6.45) is 0.137. The smallest absolute Gasteiger partial charge is 0.387 e. The summed E-state index contributed by atoms with van der Waals surface area (Å²) in [6.45, 7) is -0.224. The van der Waals surface area contributed by atoms with Crippen LogP contribution in [0.3, 0.4) is 0 Å². The van der Waals surface area contributed by atoms with E-state index in [-0.39, 0.29) is 23.9 Å². The van der Waals surface area contributed by atoms with Gasteiger partial charge in [-0.25, -0.2) is 4.39 Å². The molecule has 0 N–H and O–H groups in total. The van der Waals surface area contributed by atoms with Gasteiger partial charge in [0.1, 0.15) is 11.6 Å². The van der Waals surface area contributed by atoms with Crippen molar-refractivity contribution in [3.63, 3.8) is 0 Å². The normalized spacial score (nSPS) is 10.7. The van der Waals surface area contributed by atoms with Gasteiger partial charge in [0.2, 0.25) is 5.91 Å². The average Bonchev–Trinajstić information content (AvgIpc) is 2.54. The molecule has 6 heteroatoms. The van der Waals surface area contributed by atoms with Crippen molar-refractivity contribution in [1.29, 1.82) is 0 Å². The maximum atomic E-state index is 13.2. The first-order chi connectivity index (χ1) is 11.5. The number of carbonyl (C=O) groups is 1. The first-order valence-electron chi connectivity index (χ1n) is 7.54. The summed E-state index contributed by atoms with van der Waals surface area (Å²) in [4.78, 5) is 14.0. The fourth-order valence-electron chi connectivity index (χ4n) is 2.31. The molecule has 0 unspecified atom stereocenters. The highest BCUT2D eigenvalue weighted by atomic mass is 19.3. The maximum absolute atomic E-state index is 13.2. The van der Waals surface area contributed by atoms with E-state index in [1.165, 1.54) is 24.3 Å². The summed E-state index contributed by atoms with van der Waals surface area (Å²) < 4.78 is 41.7. The lowest BCUT2D eigenvalue weighted by Crippen LogP contribution is -2.31. The molecule has 128 valence electrons. The molecule has 0 saturated heterocycles. The van der Waals surface area contributed by atoms with E-state index >= 15 is 0 Å². The molecule has 1 amide bonds. The van der Waals surface area contributed by atoms with Crippen LogP contribution in [-0.2, 0) is 17.8 Å². The highest BCUT2D eigenvalue weighted by molar-refractivity contribution is 5.78. The molecule has 0 aliphatic heterocycles. The van der Waals surface area contributed by atoms with Crippen LogP contribution in [0.4, 0.5) is 13.2 Å². The van der Waals surface area contributed by atoms with E-state index in [4.69, 9.17) is 0 Å². The largest absolute Gasteiger partial charge is 0.435 e. The Bertz CT molecular complexity index is 674. The van der Waals surface area contributed by atoms with Crippen molar-refractivity contribution in [2.45, 2.75) is 26.5 Å². The van der Waals surface area contributed by atoms with Gasteiger partial charge in [0.05, 0.1) is 6.42 Å². The van der Waals surface area contributed by atoms with E-state index in [2.05, 4.69) is 4.74 Å². The predicted octanol–water partition coefficient (Wildman–Crippen LogP) is 4.02. The van der Waals surface area contributed by atoms with Crippen LogP contribution < -0.4 is 4.74 Å². The molecule has 0 atom stereocenters. The molecular formula is C18H18F3NO2. The van der Waals surface area contributed by atoms with Crippen molar-refractivity contribution in [3.8, 4) is 5.75 Å². The molecule has 2 rings (SSSR count). The van der Waals surface area contributed by atoms with Crippen LogP contribution >= 0.6 is 0 Å². The van der Waals surface area contributed by atoms with E-state index in [1.54, 1.807) is 29.2 Å². The van der Waals surface area contributed by atoms with Crippen molar-refractivity contribution < 1.29 is 22.7 Å². The van der Waals surface area contributed by atoms with Crippen molar-refractivity contribution in [3.05, 3.63) is 65.5 Å². The fourth-order valence-corrected chi connectivity index (χ4v) is 2.31. The lowest BCUT2D eigenvalue weighted by atomic mass is 10.1. The summed E-state index contributed by atoms with van der Waals surface area (Å²) in [6, 6.07) is 12.1. The number of benzene rings is 2. The quantitative estimate of drug-likeness (QED) is 0.764. The highest BCUT2D eigenvalue weighted by Crippen LogP contribution is 2.16. The van der Waals surface area contributed by atoms with Gasteiger partial charge in [0, 0.05) is 13.1 Å². The molecule has 0 aliphatic rings. The molecule has 2 aromatic rings. The molecule has 0 spiro atoms. The van der Waals surface area contributed by atoms with Crippen LogP contribution in [0.25, 0.3) is 0 Å². The molecule has 24 heavy (non-hydrogen) atoms. The van der Waals surface area contributed by atoms with Crippen LogP contribution in [0.5, 0.6) is 5.75 Å². The monoisotopic (exact) mass is 337 g/mol. The second-order valence-electron chi connectivity index (χ2n) is 5.24. The number of halogens is 3. The van der Waals surface area contributed by atoms with E-state index in [1.807, 2.05) is 6.92 Å². The van der Waals surface area contributed by atoms with Crippen LogP contribution in [0.1, 0.15) is 18.1 Å². The summed E-state index contributed by atoms with van der Waals surface area (Å²) >= 11 is 0. The average molecular weight is 337 g/mol. The lowest BCUT2D eigenvalue weighted by molar-refractivity contribution is -0.130. The summed E-state index contributed by atoms with van der Waals surface area (Å²) in [5, 5.41) is 0. The third-order valence-corrected chi connectivity index (χ3v) is 3.50. The van der Waals surface area contributed by atoms with Crippen LogP contribution in [0.15, 0.2) is 48.5 Å². The van der Waals surface area contributed by atoms with E-state index in [9.17, 15) is 18.0 Å². The minimum atomic E-state index is -2.88. The number of likely N-dealkylation sites (N-methyl/N-ethyl adjacent to an activating group) is 1. The molecule has 0 aromatic heterocycles. The number of hydrogen-bond donors (Lipinski definition) is 0. The zero-order valence-corrected chi connectivity index (χ0v) is 13.2. The number of nitrogens with zero attached hydrogens (tertiary/aromatic N) is 1. The molecule has 0 fully saturated rings. The standard InChI is InChI=1S/C18H18F3NO2/c1-2-22(12-14-4-3-5-15(19)10-14)17(23)11-13-6-8-16(9-7-13)24-18(20)21/h3-10,18H,2,11-12H2,1H3. The topological polar surface area (TPSA) is 29.5 Å². The zero-order chi connectivity index (χ0) is 17.5. The van der Waals surface area contributed by atoms with Crippen molar-refractivity contribution in [1.82, 2.24) is 4.90 Å². The Kier molecular flexibility index (Phi) is 6.23. The SMILES string of the molecule is CCN(Cc1cccc(F)c1)C(=O)Cc1ccc(OC(F)F)cc1. The Balaban J connectivity index is 1.98. The van der Waals surface area contributed by atoms with Gasteiger partial charge in [-0.1, -0.05) is 24.3 Å². The van der Waals surface area contributed by atoms with Crippen molar-refractivity contribution in [2.75, 3.05) is 6.54 Å². The Morgan fingerprint density at radius 1 is 1.12 bits per heavy atom. The zero-order valence-electron chi connectivity index (χ0n) is 13.2. The number of carbonyl (C=O) groups excluding carboxylic acids is 1. The Hall–Kier alpha value is -2.50. The van der Waals surface area contributed by atoms with Gasteiger partial charge >= 0.3 is 6.61 Å². The van der Waals surface area contributed by atoms with Crippen LogP contribution in [0.2, 0.25) is 0 Å². The summed E-state index contributed by atoms with van der Waals surface area (Å²) in [5.41, 5.74) is 1.41.